The van der Waals surface area contributed by atoms with Crippen LogP contribution in [-0.4, -0.2) is 26.0 Å². The topological polar surface area (TPSA) is 82.9 Å². The number of nitrogens with one attached hydrogen (secondary N) is 2. The molecule has 1 fully saturated rings. The van der Waals surface area contributed by atoms with E-state index < -0.39 is 17.2 Å². The third kappa shape index (κ3) is 2.97. The van der Waals surface area contributed by atoms with Crippen molar-refractivity contribution in [2.24, 2.45) is 11.3 Å². The number of hydrogen-bond donors (Lipinski definition) is 3. The van der Waals surface area contributed by atoms with Crippen molar-refractivity contribution in [3.63, 3.8) is 0 Å². The molecular weight excluding hydrogens is 409 g/mol. The number of halogens is 3. The summed E-state index contributed by atoms with van der Waals surface area (Å²) in [6.45, 7) is 3.55. The highest BCUT2D eigenvalue weighted by atomic mass is 19.4. The number of hydrogen-bond acceptors (Lipinski definition) is 4. The van der Waals surface area contributed by atoms with Crippen LogP contribution in [0, 0.1) is 11.3 Å². The maximum Gasteiger partial charge on any atom is 0.421 e. The number of aromatic amines is 1. The van der Waals surface area contributed by atoms with Gasteiger partial charge < -0.3 is 15.4 Å². The molecule has 3 N–H and O–H groups in total. The van der Waals surface area contributed by atoms with Crippen LogP contribution in [-0.2, 0) is 18.6 Å². The van der Waals surface area contributed by atoms with Crippen LogP contribution in [0.15, 0.2) is 35.3 Å². The van der Waals surface area contributed by atoms with Gasteiger partial charge >= 0.3 is 6.18 Å². The molecular formula is C22H23F3N4O2. The fourth-order valence-electron chi connectivity index (χ4n) is 4.72. The second-order valence-electron chi connectivity index (χ2n) is 9.31. The van der Waals surface area contributed by atoms with Gasteiger partial charge in [0.05, 0.1) is 5.52 Å². The van der Waals surface area contributed by atoms with E-state index in [0.29, 0.717) is 33.9 Å². The van der Waals surface area contributed by atoms with Crippen LogP contribution in [0.4, 0.5) is 24.7 Å². The van der Waals surface area contributed by atoms with E-state index >= 15 is 0 Å². The molecule has 1 unspecified atom stereocenters. The summed E-state index contributed by atoms with van der Waals surface area (Å²) in [6.07, 6.45) is -0.867. The van der Waals surface area contributed by atoms with Crippen molar-refractivity contribution in [3.8, 4) is 0 Å². The van der Waals surface area contributed by atoms with Gasteiger partial charge in [-0.3, -0.25) is 9.48 Å². The zero-order valence-electron chi connectivity index (χ0n) is 17.2. The molecule has 1 atom stereocenters. The summed E-state index contributed by atoms with van der Waals surface area (Å²) in [6, 6.07) is 6.20. The van der Waals surface area contributed by atoms with Crippen LogP contribution >= 0.6 is 0 Å². The molecule has 6 nitrogen and oxygen atoms in total. The van der Waals surface area contributed by atoms with Gasteiger partial charge in [-0.05, 0) is 54.5 Å². The first kappa shape index (κ1) is 20.1. The minimum Gasteiger partial charge on any atom is -0.376 e. The molecule has 0 aliphatic heterocycles. The van der Waals surface area contributed by atoms with Gasteiger partial charge in [0.1, 0.15) is 5.39 Å². The van der Waals surface area contributed by atoms with Crippen molar-refractivity contribution >= 4 is 22.4 Å². The number of alkyl halides is 3. The fourth-order valence-corrected chi connectivity index (χ4v) is 4.72. The van der Waals surface area contributed by atoms with Crippen LogP contribution in [0.2, 0.25) is 0 Å². The number of H-pyrrole nitrogens is 1. The number of pyridine rings is 1. The second-order valence-corrected chi connectivity index (χ2v) is 9.31. The number of benzene rings is 1. The predicted molar refractivity (Wildman–Crippen MR) is 110 cm³/mol. The molecule has 164 valence electrons. The first-order valence-corrected chi connectivity index (χ1v) is 10.3. The molecule has 0 amide bonds. The number of anilines is 2. The van der Waals surface area contributed by atoms with E-state index in [2.05, 4.69) is 15.4 Å². The van der Waals surface area contributed by atoms with Crippen molar-refractivity contribution in [3.05, 3.63) is 51.9 Å². The molecule has 1 saturated carbocycles. The minimum absolute atomic E-state index is 0.0747. The Balaban J connectivity index is 1.55. The van der Waals surface area contributed by atoms with Gasteiger partial charge in [0.15, 0.2) is 11.4 Å². The maximum absolute atomic E-state index is 13.8. The van der Waals surface area contributed by atoms with Gasteiger partial charge in [0, 0.05) is 23.8 Å². The summed E-state index contributed by atoms with van der Waals surface area (Å²) in [5, 5.41) is 18.7. The van der Waals surface area contributed by atoms with E-state index in [1.807, 2.05) is 4.68 Å². The highest BCUT2D eigenvalue weighted by molar-refractivity contribution is 5.91. The summed E-state index contributed by atoms with van der Waals surface area (Å²) in [5.74, 6) is 0.915. The first-order chi connectivity index (χ1) is 14.5. The van der Waals surface area contributed by atoms with Crippen LogP contribution in [0.1, 0.15) is 37.8 Å². The summed E-state index contributed by atoms with van der Waals surface area (Å²) < 4.78 is 43.2. The van der Waals surface area contributed by atoms with E-state index in [1.54, 1.807) is 18.3 Å². The number of nitrogens with zero attached hydrogens (tertiary/aromatic N) is 2. The zero-order valence-corrected chi connectivity index (χ0v) is 17.2. The molecule has 3 aromatic rings. The van der Waals surface area contributed by atoms with Crippen molar-refractivity contribution in [1.29, 1.82) is 0 Å². The van der Waals surface area contributed by atoms with E-state index in [0.717, 1.165) is 19.4 Å². The fraction of sp³-hybridized carbons (Fsp3) is 0.455. The molecule has 31 heavy (non-hydrogen) atoms. The summed E-state index contributed by atoms with van der Waals surface area (Å²) >= 11 is 0. The molecule has 0 bridgehead atoms. The Bertz CT molecular complexity index is 1240. The lowest BCUT2D eigenvalue weighted by Crippen LogP contribution is -2.50. The highest BCUT2D eigenvalue weighted by Gasteiger charge is 2.66. The van der Waals surface area contributed by atoms with Crippen LogP contribution in [0.25, 0.3) is 10.9 Å². The van der Waals surface area contributed by atoms with Gasteiger partial charge in [0.2, 0.25) is 0 Å². The van der Waals surface area contributed by atoms with Crippen LogP contribution in [0.3, 0.4) is 0 Å². The molecule has 2 aliphatic rings. The standard InChI is InChI=1S/C22H23F3N4O2/c1-20(2)10-13-9-14(5-6-15(13)21(20,31)22(23,24)25)27-18-17-16(7-8-26-19(17)30)29(28-18)11-12-3-4-12/h5-9,12,31H,3-4,10-11H2,1-2H3,(H,26,30)(H,27,28). The zero-order chi connectivity index (χ0) is 22.2. The minimum atomic E-state index is -4.79. The van der Waals surface area contributed by atoms with Crippen molar-refractivity contribution in [2.45, 2.75) is 51.4 Å². The number of fused-ring (bicyclic) bond motifs is 2. The Hall–Kier alpha value is -2.81. The average molecular weight is 432 g/mol. The molecule has 5 rings (SSSR count). The van der Waals surface area contributed by atoms with Crippen molar-refractivity contribution in [2.75, 3.05) is 5.32 Å². The molecule has 0 radical (unpaired) electrons. The second kappa shape index (κ2) is 6.35. The third-order valence-electron chi connectivity index (χ3n) is 6.58. The SMILES string of the molecule is CC1(C)Cc2cc(Nc3nn(CC4CC4)c4cc[nH]c(=O)c34)ccc2C1(O)C(F)(F)F. The maximum atomic E-state index is 13.8. The van der Waals surface area contributed by atoms with E-state index in [9.17, 15) is 23.1 Å². The number of aliphatic hydroxyl groups is 1. The summed E-state index contributed by atoms with van der Waals surface area (Å²) in [5.41, 5.74) is -3.07. The molecule has 0 saturated heterocycles. The molecule has 0 spiro atoms. The highest BCUT2D eigenvalue weighted by Crippen LogP contribution is 2.58. The Labute approximate surface area is 176 Å². The smallest absolute Gasteiger partial charge is 0.376 e. The van der Waals surface area contributed by atoms with Gasteiger partial charge in [0.25, 0.3) is 5.56 Å². The van der Waals surface area contributed by atoms with Gasteiger partial charge in [-0.2, -0.15) is 18.3 Å². The largest absolute Gasteiger partial charge is 0.421 e. The lowest BCUT2D eigenvalue weighted by atomic mass is 9.75. The van der Waals surface area contributed by atoms with Crippen molar-refractivity contribution in [1.82, 2.24) is 14.8 Å². The monoisotopic (exact) mass is 432 g/mol. The molecule has 9 heteroatoms. The van der Waals surface area contributed by atoms with Gasteiger partial charge in [-0.15, -0.1) is 0 Å². The van der Waals surface area contributed by atoms with Crippen molar-refractivity contribution < 1.29 is 18.3 Å². The van der Waals surface area contributed by atoms with Crippen LogP contribution in [0.5, 0.6) is 0 Å². The molecule has 2 heterocycles. The Morgan fingerprint density at radius 3 is 2.71 bits per heavy atom. The third-order valence-corrected chi connectivity index (χ3v) is 6.58. The van der Waals surface area contributed by atoms with Crippen LogP contribution < -0.4 is 10.9 Å². The normalized spacial score (nSPS) is 22.6. The first-order valence-electron chi connectivity index (χ1n) is 10.3. The Morgan fingerprint density at radius 1 is 1.29 bits per heavy atom. The Morgan fingerprint density at radius 2 is 2.03 bits per heavy atom. The lowest BCUT2D eigenvalue weighted by Gasteiger charge is -2.38. The van der Waals surface area contributed by atoms with E-state index in [1.165, 1.54) is 26.0 Å². The molecule has 1 aromatic carbocycles. The Kier molecular flexibility index (Phi) is 4.12. The quantitative estimate of drug-likeness (QED) is 0.577. The summed E-state index contributed by atoms with van der Waals surface area (Å²) in [4.78, 5) is 15.1. The number of aromatic nitrogens is 3. The van der Waals surface area contributed by atoms with Gasteiger partial charge in [-0.1, -0.05) is 19.9 Å². The lowest BCUT2D eigenvalue weighted by molar-refractivity contribution is -0.299. The van der Waals surface area contributed by atoms with Gasteiger partial charge in [-0.25, -0.2) is 0 Å². The molecule has 2 aromatic heterocycles. The average Bonchev–Trinajstić information content (AvgIpc) is 3.37. The number of rotatable bonds is 4. The predicted octanol–water partition coefficient (Wildman–Crippen LogP) is 4.21. The summed E-state index contributed by atoms with van der Waals surface area (Å²) in [7, 11) is 0. The molecule has 2 aliphatic carbocycles. The van der Waals surface area contributed by atoms with E-state index in [-0.39, 0.29) is 17.5 Å². The van der Waals surface area contributed by atoms with E-state index in [4.69, 9.17) is 0 Å².